The van der Waals surface area contributed by atoms with Crippen molar-refractivity contribution >= 4 is 11.4 Å². The second kappa shape index (κ2) is 8.68. The number of methoxy groups -OCH3 is 1. The zero-order valence-corrected chi connectivity index (χ0v) is 16.9. The summed E-state index contributed by atoms with van der Waals surface area (Å²) in [6.07, 6.45) is 3.32. The van der Waals surface area contributed by atoms with E-state index in [-0.39, 0.29) is 11.8 Å². The van der Waals surface area contributed by atoms with Gasteiger partial charge in [0.2, 0.25) is 5.78 Å². The van der Waals surface area contributed by atoms with Crippen LogP contribution in [0.15, 0.2) is 42.5 Å². The molecule has 3 rings (SSSR count). The van der Waals surface area contributed by atoms with Gasteiger partial charge >= 0.3 is 0 Å². The van der Waals surface area contributed by atoms with Crippen LogP contribution >= 0.6 is 0 Å². The van der Waals surface area contributed by atoms with E-state index in [0.29, 0.717) is 13.2 Å². The van der Waals surface area contributed by atoms with Crippen LogP contribution < -0.4 is 4.90 Å². The van der Waals surface area contributed by atoms with Crippen molar-refractivity contribution in [2.45, 2.75) is 33.2 Å². The number of ketones is 1. The number of aromatic nitrogens is 1. The summed E-state index contributed by atoms with van der Waals surface area (Å²) in [5, 5.41) is 0. The molecule has 2 aromatic rings. The molecule has 0 amide bonds. The fraction of sp³-hybridized carbons (Fsp3) is 0.435. The third-order valence-electron chi connectivity index (χ3n) is 5.57. The van der Waals surface area contributed by atoms with Crippen LogP contribution in [-0.4, -0.2) is 43.7 Å². The second-order valence-corrected chi connectivity index (χ2v) is 7.61. The van der Waals surface area contributed by atoms with Crippen LogP contribution in [0.1, 0.15) is 46.7 Å². The maximum Gasteiger partial charge on any atom is 0.218 e. The van der Waals surface area contributed by atoms with Gasteiger partial charge in [0.1, 0.15) is 6.54 Å². The molecule has 4 nitrogen and oxygen atoms in total. The van der Waals surface area contributed by atoms with Crippen molar-refractivity contribution in [2.75, 3.05) is 33.4 Å². The van der Waals surface area contributed by atoms with Crippen LogP contribution in [0.3, 0.4) is 0 Å². The summed E-state index contributed by atoms with van der Waals surface area (Å²) in [6, 6.07) is 12.8. The molecule has 0 radical (unpaired) electrons. The maximum atomic E-state index is 12.9. The van der Waals surface area contributed by atoms with Crippen molar-refractivity contribution in [3.05, 3.63) is 65.0 Å². The maximum absolute atomic E-state index is 12.9. The molecule has 1 aliphatic rings. The molecule has 0 aliphatic carbocycles. The van der Waals surface area contributed by atoms with Crippen molar-refractivity contribution in [1.82, 2.24) is 4.57 Å². The van der Waals surface area contributed by atoms with Crippen molar-refractivity contribution in [2.24, 2.45) is 0 Å². The van der Waals surface area contributed by atoms with E-state index in [2.05, 4.69) is 48.8 Å². The van der Waals surface area contributed by atoms with Gasteiger partial charge in [-0.15, -0.1) is 0 Å². The average Bonchev–Trinajstić information content (AvgIpc) is 2.97. The number of hydrogen-bond donors (Lipinski definition) is 1. The Morgan fingerprint density at radius 3 is 2.63 bits per heavy atom. The molecule has 1 N–H and O–H groups in total. The molecule has 1 aromatic carbocycles. The predicted octanol–water partition coefficient (Wildman–Crippen LogP) is 2.87. The van der Waals surface area contributed by atoms with Gasteiger partial charge in [-0.2, -0.15) is 0 Å². The highest BCUT2D eigenvalue weighted by molar-refractivity contribution is 5.98. The molecule has 0 fully saturated rings. The average molecular weight is 368 g/mol. The highest BCUT2D eigenvalue weighted by Crippen LogP contribution is 2.21. The molecule has 0 saturated carbocycles. The largest absolute Gasteiger partial charge is 0.383 e. The first-order valence-electron chi connectivity index (χ1n) is 9.79. The lowest BCUT2D eigenvalue weighted by Gasteiger charge is -2.23. The van der Waals surface area contributed by atoms with E-state index in [9.17, 15) is 4.79 Å². The molecule has 0 spiro atoms. The minimum atomic E-state index is 0.232. The van der Waals surface area contributed by atoms with E-state index in [1.54, 1.807) is 7.11 Å². The number of ether oxygens (including phenoxy) is 1. The standard InChI is InChI=1S/C23H30N2O2/c1-17-14-22(19(3)25(17)18(2)16-27-4)23(26)15-24-12-10-21(11-13-24)20-8-6-5-7-9-20/h5-10,14,18H,11-13,15-16H2,1-4H3/p+1/t18-/m0/s1. The fourth-order valence-electron chi connectivity index (χ4n) is 4.23. The number of Topliss-reactive ketones (excluding diaryl/α,β-unsaturated/α-hetero) is 1. The summed E-state index contributed by atoms with van der Waals surface area (Å²) in [5.41, 5.74) is 5.75. The van der Waals surface area contributed by atoms with E-state index in [1.165, 1.54) is 16.0 Å². The lowest BCUT2D eigenvalue weighted by atomic mass is 9.99. The summed E-state index contributed by atoms with van der Waals surface area (Å²) in [6.45, 7) is 9.36. The topological polar surface area (TPSA) is 35.7 Å². The molecule has 1 aromatic heterocycles. The first kappa shape index (κ1) is 19.6. The Kier molecular flexibility index (Phi) is 6.30. The Morgan fingerprint density at radius 1 is 1.26 bits per heavy atom. The normalized spacial score (nSPS) is 18.2. The Morgan fingerprint density at radius 2 is 2.00 bits per heavy atom. The summed E-state index contributed by atoms with van der Waals surface area (Å²) in [5.74, 6) is 0.241. The Bertz CT molecular complexity index is 820. The van der Waals surface area contributed by atoms with Gasteiger partial charge in [0.25, 0.3) is 0 Å². The van der Waals surface area contributed by atoms with Gasteiger partial charge in [0, 0.05) is 30.5 Å². The molecule has 2 heterocycles. The minimum absolute atomic E-state index is 0.232. The van der Waals surface area contributed by atoms with E-state index >= 15 is 0 Å². The fourth-order valence-corrected chi connectivity index (χ4v) is 4.23. The third-order valence-corrected chi connectivity index (χ3v) is 5.57. The first-order valence-corrected chi connectivity index (χ1v) is 9.79. The van der Waals surface area contributed by atoms with Gasteiger partial charge in [-0.25, -0.2) is 0 Å². The van der Waals surface area contributed by atoms with Gasteiger partial charge in [0.05, 0.1) is 25.7 Å². The van der Waals surface area contributed by atoms with Crippen LogP contribution in [0.5, 0.6) is 0 Å². The van der Waals surface area contributed by atoms with Crippen molar-refractivity contribution < 1.29 is 14.4 Å². The minimum Gasteiger partial charge on any atom is -0.383 e. The molecule has 144 valence electrons. The number of nitrogens with one attached hydrogen (secondary N) is 1. The summed E-state index contributed by atoms with van der Waals surface area (Å²) in [7, 11) is 1.72. The van der Waals surface area contributed by atoms with E-state index in [1.807, 2.05) is 19.1 Å². The highest BCUT2D eigenvalue weighted by atomic mass is 16.5. The molecular weight excluding hydrogens is 336 g/mol. The van der Waals surface area contributed by atoms with Gasteiger partial charge in [0.15, 0.2) is 0 Å². The number of nitrogens with zero attached hydrogens (tertiary/aromatic N) is 1. The zero-order chi connectivity index (χ0) is 19.4. The number of benzene rings is 1. The summed E-state index contributed by atoms with van der Waals surface area (Å²) >= 11 is 0. The smallest absolute Gasteiger partial charge is 0.218 e. The summed E-state index contributed by atoms with van der Waals surface area (Å²) < 4.78 is 7.51. The van der Waals surface area contributed by atoms with E-state index in [4.69, 9.17) is 4.74 Å². The monoisotopic (exact) mass is 367 g/mol. The number of carbonyl (C=O) groups is 1. The van der Waals surface area contributed by atoms with Crippen LogP contribution in [0.4, 0.5) is 0 Å². The highest BCUT2D eigenvalue weighted by Gasteiger charge is 2.24. The third kappa shape index (κ3) is 4.40. The van der Waals surface area contributed by atoms with Crippen LogP contribution in [0.2, 0.25) is 0 Å². The zero-order valence-electron chi connectivity index (χ0n) is 16.9. The molecule has 2 atom stereocenters. The number of carbonyl (C=O) groups excluding carboxylic acids is 1. The molecule has 0 bridgehead atoms. The van der Waals surface area contributed by atoms with Gasteiger partial charge in [-0.05, 0) is 44.1 Å². The first-order chi connectivity index (χ1) is 13.0. The van der Waals surface area contributed by atoms with Crippen LogP contribution in [0.25, 0.3) is 5.57 Å². The van der Waals surface area contributed by atoms with E-state index in [0.717, 1.165) is 36.5 Å². The molecular formula is C23H31N2O2+. The van der Waals surface area contributed by atoms with Crippen molar-refractivity contribution in [1.29, 1.82) is 0 Å². The number of aryl methyl sites for hydroxylation is 1. The molecule has 1 unspecified atom stereocenters. The molecule has 27 heavy (non-hydrogen) atoms. The second-order valence-electron chi connectivity index (χ2n) is 7.61. The number of rotatable bonds is 7. The van der Waals surface area contributed by atoms with Crippen molar-refractivity contribution in [3.63, 3.8) is 0 Å². The van der Waals surface area contributed by atoms with Gasteiger partial charge in [-0.1, -0.05) is 30.3 Å². The van der Waals surface area contributed by atoms with Crippen molar-refractivity contribution in [3.8, 4) is 0 Å². The Labute approximate surface area is 162 Å². The predicted molar refractivity (Wildman–Crippen MR) is 109 cm³/mol. The quantitative estimate of drug-likeness (QED) is 0.764. The SMILES string of the molecule is COC[C@H](C)n1c(C)cc(C(=O)C[NH+]2CC=C(c3ccccc3)CC2)c1C. The molecule has 0 saturated heterocycles. The lowest BCUT2D eigenvalue weighted by Crippen LogP contribution is -3.13. The summed E-state index contributed by atoms with van der Waals surface area (Å²) in [4.78, 5) is 14.3. The van der Waals surface area contributed by atoms with Gasteiger partial charge in [-0.3, -0.25) is 4.79 Å². The molecule has 1 aliphatic heterocycles. The number of quaternary nitrogens is 1. The molecule has 4 heteroatoms. The Balaban J connectivity index is 1.67. The van der Waals surface area contributed by atoms with Crippen LogP contribution in [0, 0.1) is 13.8 Å². The van der Waals surface area contributed by atoms with Crippen LogP contribution in [-0.2, 0) is 4.74 Å². The van der Waals surface area contributed by atoms with Gasteiger partial charge < -0.3 is 14.2 Å². The Hall–Kier alpha value is -2.17. The lowest BCUT2D eigenvalue weighted by molar-refractivity contribution is -0.886. The van der Waals surface area contributed by atoms with E-state index < -0.39 is 0 Å². The number of hydrogen-bond acceptors (Lipinski definition) is 2.